The smallest absolute Gasteiger partial charge is 0.255 e. The Kier molecular flexibility index (Phi) is 6.62. The fourth-order valence-corrected chi connectivity index (χ4v) is 2.73. The standard InChI is InChI=1S/C20H23ClN2O2/c1-13(2)17(10-11-22)18-12-16(25-3)8-9-19(18)23-20(24)14-4-6-15(21)7-5-14/h4-9,12H,10-11,22H2,1-3H3,(H,23,24). The second-order valence-corrected chi connectivity index (χ2v) is 6.33. The summed E-state index contributed by atoms with van der Waals surface area (Å²) in [5.74, 6) is 0.541. The van der Waals surface area contributed by atoms with Crippen LogP contribution in [0.5, 0.6) is 5.75 Å². The first-order valence-corrected chi connectivity index (χ1v) is 8.45. The highest BCUT2D eigenvalue weighted by Crippen LogP contribution is 2.32. The van der Waals surface area contributed by atoms with Crippen molar-refractivity contribution in [3.05, 3.63) is 64.2 Å². The molecule has 2 aromatic rings. The van der Waals surface area contributed by atoms with E-state index >= 15 is 0 Å². The lowest BCUT2D eigenvalue weighted by molar-refractivity contribution is 0.102. The van der Waals surface area contributed by atoms with Gasteiger partial charge in [0.05, 0.1) is 7.11 Å². The van der Waals surface area contributed by atoms with E-state index in [1.54, 1.807) is 31.4 Å². The fourth-order valence-electron chi connectivity index (χ4n) is 2.60. The molecule has 0 saturated carbocycles. The molecule has 5 heteroatoms. The summed E-state index contributed by atoms with van der Waals surface area (Å²) >= 11 is 5.88. The minimum Gasteiger partial charge on any atom is -0.497 e. The maximum atomic E-state index is 12.6. The van der Waals surface area contributed by atoms with Crippen LogP contribution in [0.1, 0.15) is 36.2 Å². The minimum atomic E-state index is -0.191. The summed E-state index contributed by atoms with van der Waals surface area (Å²) in [5, 5.41) is 3.57. The fraction of sp³-hybridized carbons (Fsp3) is 0.250. The first-order chi connectivity index (χ1) is 12.0. The van der Waals surface area contributed by atoms with Gasteiger partial charge in [0.25, 0.3) is 5.91 Å². The average Bonchev–Trinajstić information content (AvgIpc) is 2.60. The van der Waals surface area contributed by atoms with Crippen LogP contribution in [0.25, 0.3) is 5.57 Å². The van der Waals surface area contributed by atoms with E-state index in [1.807, 2.05) is 32.0 Å². The molecular weight excluding hydrogens is 336 g/mol. The Labute approximate surface area is 153 Å². The first kappa shape index (κ1) is 19.0. The largest absolute Gasteiger partial charge is 0.497 e. The van der Waals surface area contributed by atoms with Crippen LogP contribution in [-0.4, -0.2) is 19.6 Å². The molecule has 0 aliphatic heterocycles. The zero-order chi connectivity index (χ0) is 18.4. The van der Waals surface area contributed by atoms with Crippen molar-refractivity contribution < 1.29 is 9.53 Å². The molecule has 0 aliphatic rings. The van der Waals surface area contributed by atoms with Gasteiger partial charge in [-0.3, -0.25) is 4.79 Å². The number of carbonyl (C=O) groups excluding carboxylic acids is 1. The van der Waals surface area contributed by atoms with Gasteiger partial charge in [-0.05, 0) is 74.9 Å². The minimum absolute atomic E-state index is 0.191. The summed E-state index contributed by atoms with van der Waals surface area (Å²) in [6.45, 7) is 4.60. The van der Waals surface area contributed by atoms with Crippen LogP contribution in [0.4, 0.5) is 5.69 Å². The molecule has 3 N–H and O–H groups in total. The highest BCUT2D eigenvalue weighted by atomic mass is 35.5. The highest BCUT2D eigenvalue weighted by molar-refractivity contribution is 6.30. The molecule has 4 nitrogen and oxygen atoms in total. The second-order valence-electron chi connectivity index (χ2n) is 5.89. The van der Waals surface area contributed by atoms with Crippen molar-refractivity contribution in [1.29, 1.82) is 0 Å². The third kappa shape index (κ3) is 4.84. The number of anilines is 1. The predicted octanol–water partition coefficient (Wildman–Crippen LogP) is 4.74. The van der Waals surface area contributed by atoms with E-state index in [2.05, 4.69) is 5.32 Å². The van der Waals surface area contributed by atoms with Gasteiger partial charge in [-0.25, -0.2) is 0 Å². The van der Waals surface area contributed by atoms with E-state index in [1.165, 1.54) is 0 Å². The Morgan fingerprint density at radius 1 is 1.16 bits per heavy atom. The summed E-state index contributed by atoms with van der Waals surface area (Å²) in [6, 6.07) is 12.4. The molecule has 0 aromatic heterocycles. The van der Waals surface area contributed by atoms with E-state index in [0.717, 1.165) is 34.6 Å². The molecule has 0 radical (unpaired) electrons. The van der Waals surface area contributed by atoms with Crippen molar-refractivity contribution in [2.24, 2.45) is 5.73 Å². The van der Waals surface area contributed by atoms with Crippen LogP contribution in [0.3, 0.4) is 0 Å². The molecule has 2 aromatic carbocycles. The number of allylic oxidation sites excluding steroid dienone is 1. The number of benzene rings is 2. The van der Waals surface area contributed by atoms with Crippen LogP contribution in [0.2, 0.25) is 5.02 Å². The zero-order valence-electron chi connectivity index (χ0n) is 14.7. The number of hydrogen-bond donors (Lipinski definition) is 2. The Morgan fingerprint density at radius 3 is 2.40 bits per heavy atom. The van der Waals surface area contributed by atoms with Crippen molar-refractivity contribution in [3.8, 4) is 5.75 Å². The Morgan fingerprint density at radius 2 is 1.84 bits per heavy atom. The Balaban J connectivity index is 2.41. The molecule has 132 valence electrons. The van der Waals surface area contributed by atoms with Crippen molar-refractivity contribution >= 4 is 28.8 Å². The number of ether oxygens (including phenoxy) is 1. The molecule has 25 heavy (non-hydrogen) atoms. The maximum Gasteiger partial charge on any atom is 0.255 e. The lowest BCUT2D eigenvalue weighted by Crippen LogP contribution is -2.14. The zero-order valence-corrected chi connectivity index (χ0v) is 15.5. The van der Waals surface area contributed by atoms with Gasteiger partial charge in [0.15, 0.2) is 0 Å². The number of halogens is 1. The van der Waals surface area contributed by atoms with E-state index in [4.69, 9.17) is 22.1 Å². The van der Waals surface area contributed by atoms with E-state index in [0.29, 0.717) is 17.1 Å². The molecular formula is C20H23ClN2O2. The average molecular weight is 359 g/mol. The van der Waals surface area contributed by atoms with Crippen molar-refractivity contribution in [3.63, 3.8) is 0 Å². The number of nitrogens with one attached hydrogen (secondary N) is 1. The summed E-state index contributed by atoms with van der Waals surface area (Å²) in [7, 11) is 1.62. The van der Waals surface area contributed by atoms with Crippen LogP contribution in [-0.2, 0) is 0 Å². The number of amides is 1. The van der Waals surface area contributed by atoms with Gasteiger partial charge in [0.2, 0.25) is 0 Å². The van der Waals surface area contributed by atoms with Gasteiger partial charge in [-0.1, -0.05) is 17.2 Å². The summed E-state index contributed by atoms with van der Waals surface area (Å²) < 4.78 is 5.34. The van der Waals surface area contributed by atoms with Gasteiger partial charge >= 0.3 is 0 Å². The Hall–Kier alpha value is -2.30. The van der Waals surface area contributed by atoms with E-state index in [9.17, 15) is 4.79 Å². The monoisotopic (exact) mass is 358 g/mol. The molecule has 0 bridgehead atoms. The molecule has 0 fully saturated rings. The number of carbonyl (C=O) groups is 1. The highest BCUT2D eigenvalue weighted by Gasteiger charge is 2.14. The molecule has 1 amide bonds. The summed E-state index contributed by atoms with van der Waals surface area (Å²) in [4.78, 5) is 12.6. The lowest BCUT2D eigenvalue weighted by Gasteiger charge is -2.17. The number of hydrogen-bond acceptors (Lipinski definition) is 3. The van der Waals surface area contributed by atoms with Gasteiger partial charge in [-0.15, -0.1) is 0 Å². The summed E-state index contributed by atoms with van der Waals surface area (Å²) in [6.07, 6.45) is 0.722. The molecule has 0 atom stereocenters. The molecule has 2 rings (SSSR count). The first-order valence-electron chi connectivity index (χ1n) is 8.08. The Bertz CT molecular complexity index is 779. The topological polar surface area (TPSA) is 64.3 Å². The van der Waals surface area contributed by atoms with Crippen molar-refractivity contribution in [2.45, 2.75) is 20.3 Å². The van der Waals surface area contributed by atoms with Crippen LogP contribution >= 0.6 is 11.6 Å². The SMILES string of the molecule is COc1ccc(NC(=O)c2ccc(Cl)cc2)c(C(CCN)=C(C)C)c1. The summed E-state index contributed by atoms with van der Waals surface area (Å²) in [5.41, 5.74) is 10.2. The van der Waals surface area contributed by atoms with Crippen molar-refractivity contribution in [2.75, 3.05) is 19.0 Å². The van der Waals surface area contributed by atoms with Crippen LogP contribution < -0.4 is 15.8 Å². The molecule has 0 aliphatic carbocycles. The quantitative estimate of drug-likeness (QED) is 0.783. The van der Waals surface area contributed by atoms with E-state index < -0.39 is 0 Å². The van der Waals surface area contributed by atoms with Gasteiger partial charge in [0.1, 0.15) is 5.75 Å². The normalized spacial score (nSPS) is 10.3. The van der Waals surface area contributed by atoms with Crippen LogP contribution in [0.15, 0.2) is 48.0 Å². The maximum absolute atomic E-state index is 12.6. The van der Waals surface area contributed by atoms with Gasteiger partial charge in [-0.2, -0.15) is 0 Å². The third-order valence-electron chi connectivity index (χ3n) is 3.90. The van der Waals surface area contributed by atoms with Crippen LogP contribution in [0, 0.1) is 0 Å². The van der Waals surface area contributed by atoms with Gasteiger partial charge < -0.3 is 15.8 Å². The second kappa shape index (κ2) is 8.70. The predicted molar refractivity (Wildman–Crippen MR) is 104 cm³/mol. The van der Waals surface area contributed by atoms with Gasteiger partial charge in [0, 0.05) is 21.8 Å². The van der Waals surface area contributed by atoms with E-state index in [-0.39, 0.29) is 5.91 Å². The molecule has 0 saturated heterocycles. The third-order valence-corrected chi connectivity index (χ3v) is 4.16. The molecule has 0 heterocycles. The lowest BCUT2D eigenvalue weighted by atomic mass is 9.96. The molecule has 0 spiro atoms. The number of nitrogens with two attached hydrogens (primary N) is 1. The molecule has 0 unspecified atom stereocenters. The van der Waals surface area contributed by atoms with Crippen molar-refractivity contribution in [1.82, 2.24) is 0 Å². The number of rotatable bonds is 6. The number of methoxy groups -OCH3 is 1.